The van der Waals surface area contributed by atoms with E-state index in [2.05, 4.69) is 46.5 Å². The van der Waals surface area contributed by atoms with Gasteiger partial charge >= 0.3 is 0 Å². The van der Waals surface area contributed by atoms with Gasteiger partial charge in [0, 0.05) is 21.2 Å². The molecular formula is C20H16ClN3S. The number of thiophene rings is 1. The number of rotatable bonds is 3. The third-order valence-corrected chi connectivity index (χ3v) is 5.43. The van der Waals surface area contributed by atoms with Crippen LogP contribution in [0.5, 0.6) is 0 Å². The number of aromatic nitrogens is 2. The topological polar surface area (TPSA) is 37.8 Å². The Bertz CT molecular complexity index is 1060. The predicted octanol–water partition coefficient (Wildman–Crippen LogP) is 6.37. The number of anilines is 2. The molecule has 4 aromatic rings. The number of hydrogen-bond acceptors (Lipinski definition) is 4. The molecule has 0 fully saturated rings. The number of nitrogens with zero attached hydrogens (tertiary/aromatic N) is 2. The zero-order valence-corrected chi connectivity index (χ0v) is 15.4. The highest BCUT2D eigenvalue weighted by molar-refractivity contribution is 7.19. The summed E-state index contributed by atoms with van der Waals surface area (Å²) < 4.78 is 0. The molecule has 5 heteroatoms. The van der Waals surface area contributed by atoms with Gasteiger partial charge in [0.25, 0.3) is 0 Å². The van der Waals surface area contributed by atoms with Crippen LogP contribution < -0.4 is 5.32 Å². The zero-order valence-electron chi connectivity index (χ0n) is 13.9. The van der Waals surface area contributed by atoms with Gasteiger partial charge in [0.15, 0.2) is 0 Å². The average molecular weight is 366 g/mol. The van der Waals surface area contributed by atoms with E-state index in [0.29, 0.717) is 5.02 Å². The van der Waals surface area contributed by atoms with E-state index in [-0.39, 0.29) is 0 Å². The second-order valence-corrected chi connectivity index (χ2v) is 7.53. The van der Waals surface area contributed by atoms with Gasteiger partial charge in [-0.3, -0.25) is 0 Å². The lowest BCUT2D eigenvalue weighted by atomic mass is 10.0. The number of hydrogen-bond donors (Lipinski definition) is 1. The molecule has 0 unspecified atom stereocenters. The molecule has 124 valence electrons. The van der Waals surface area contributed by atoms with Crippen molar-refractivity contribution < 1.29 is 0 Å². The number of benzene rings is 2. The largest absolute Gasteiger partial charge is 0.339 e. The Morgan fingerprint density at radius 2 is 1.80 bits per heavy atom. The third-order valence-electron chi connectivity index (χ3n) is 4.18. The number of aryl methyl sites for hydroxylation is 2. The van der Waals surface area contributed by atoms with Crippen LogP contribution in [0.1, 0.15) is 10.4 Å². The molecule has 0 aliphatic carbocycles. The molecule has 3 nitrogen and oxygen atoms in total. The van der Waals surface area contributed by atoms with Crippen molar-refractivity contribution in [3.8, 4) is 11.1 Å². The molecule has 0 spiro atoms. The van der Waals surface area contributed by atoms with Crippen LogP contribution in [-0.4, -0.2) is 9.97 Å². The maximum atomic E-state index is 6.16. The van der Waals surface area contributed by atoms with Crippen molar-refractivity contribution in [1.29, 1.82) is 0 Å². The van der Waals surface area contributed by atoms with Crippen LogP contribution in [0, 0.1) is 13.8 Å². The minimum Gasteiger partial charge on any atom is -0.339 e. The van der Waals surface area contributed by atoms with Crippen LogP contribution in [0.15, 0.2) is 54.9 Å². The van der Waals surface area contributed by atoms with E-state index in [1.807, 2.05) is 31.2 Å². The summed E-state index contributed by atoms with van der Waals surface area (Å²) in [5, 5.41) is 5.20. The van der Waals surface area contributed by atoms with Crippen LogP contribution in [0.25, 0.3) is 21.3 Å². The standard InChI is InChI=1S/C20H16ClN3S/c1-12-8-9-15(21)10-16(12)24-19-18-17(14-6-4-3-5-7-14)13(2)25-20(18)23-11-22-19/h3-11H,1-2H3,(H,22,23,24). The molecule has 0 amide bonds. The molecule has 0 saturated carbocycles. The molecule has 0 aliphatic heterocycles. The molecule has 0 saturated heterocycles. The second-order valence-electron chi connectivity index (χ2n) is 5.89. The van der Waals surface area contributed by atoms with Gasteiger partial charge < -0.3 is 5.32 Å². The van der Waals surface area contributed by atoms with E-state index in [1.54, 1.807) is 17.7 Å². The summed E-state index contributed by atoms with van der Waals surface area (Å²) in [6.07, 6.45) is 1.61. The minimum absolute atomic E-state index is 0.697. The second kappa shape index (κ2) is 6.47. The van der Waals surface area contributed by atoms with Gasteiger partial charge in [-0.2, -0.15) is 0 Å². The third kappa shape index (κ3) is 2.99. The Kier molecular flexibility index (Phi) is 4.15. The molecule has 1 N–H and O–H groups in total. The maximum Gasteiger partial charge on any atom is 0.143 e. The van der Waals surface area contributed by atoms with Crippen molar-refractivity contribution >= 4 is 44.7 Å². The fraction of sp³-hybridized carbons (Fsp3) is 0.100. The fourth-order valence-corrected chi connectivity index (χ4v) is 4.13. The zero-order chi connectivity index (χ0) is 17.4. The molecular weight excluding hydrogens is 350 g/mol. The molecule has 25 heavy (non-hydrogen) atoms. The van der Waals surface area contributed by atoms with Crippen LogP contribution in [-0.2, 0) is 0 Å². The van der Waals surface area contributed by atoms with Gasteiger partial charge in [0.2, 0.25) is 0 Å². The summed E-state index contributed by atoms with van der Waals surface area (Å²) in [6, 6.07) is 16.2. The summed E-state index contributed by atoms with van der Waals surface area (Å²) in [6.45, 7) is 4.18. The summed E-state index contributed by atoms with van der Waals surface area (Å²) in [7, 11) is 0. The van der Waals surface area contributed by atoms with Gasteiger partial charge in [-0.05, 0) is 37.1 Å². The monoisotopic (exact) mass is 365 g/mol. The molecule has 4 rings (SSSR count). The van der Waals surface area contributed by atoms with E-state index in [9.17, 15) is 0 Å². The SMILES string of the molecule is Cc1ccc(Cl)cc1Nc1ncnc2sc(C)c(-c3ccccc3)c12. The summed E-state index contributed by atoms with van der Waals surface area (Å²) in [5.74, 6) is 0.804. The predicted molar refractivity (Wildman–Crippen MR) is 107 cm³/mol. The molecule has 0 radical (unpaired) electrons. The Morgan fingerprint density at radius 3 is 2.60 bits per heavy atom. The quantitative estimate of drug-likeness (QED) is 0.458. The van der Waals surface area contributed by atoms with Gasteiger partial charge in [-0.25, -0.2) is 9.97 Å². The molecule has 0 bridgehead atoms. The van der Waals surface area contributed by atoms with Crippen molar-refractivity contribution in [2.75, 3.05) is 5.32 Å². The summed E-state index contributed by atoms with van der Waals surface area (Å²) in [4.78, 5) is 11.2. The first-order valence-corrected chi connectivity index (χ1v) is 9.15. The van der Waals surface area contributed by atoms with Crippen LogP contribution in [0.2, 0.25) is 5.02 Å². The van der Waals surface area contributed by atoms with E-state index < -0.39 is 0 Å². The van der Waals surface area contributed by atoms with Crippen LogP contribution in [0.4, 0.5) is 11.5 Å². The Labute approximate surface area is 155 Å². The lowest BCUT2D eigenvalue weighted by Crippen LogP contribution is -1.97. The Morgan fingerprint density at radius 1 is 1.00 bits per heavy atom. The highest BCUT2D eigenvalue weighted by Gasteiger charge is 2.17. The van der Waals surface area contributed by atoms with Crippen molar-refractivity contribution in [3.05, 3.63) is 70.3 Å². The Hall–Kier alpha value is -2.43. The van der Waals surface area contributed by atoms with E-state index >= 15 is 0 Å². The smallest absolute Gasteiger partial charge is 0.143 e. The van der Waals surface area contributed by atoms with Crippen molar-refractivity contribution in [3.63, 3.8) is 0 Å². The van der Waals surface area contributed by atoms with E-state index in [1.165, 1.54) is 16.0 Å². The molecule has 0 atom stereocenters. The first-order valence-electron chi connectivity index (χ1n) is 7.96. The van der Waals surface area contributed by atoms with Crippen LogP contribution in [0.3, 0.4) is 0 Å². The molecule has 2 aromatic carbocycles. The number of fused-ring (bicyclic) bond motifs is 1. The molecule has 2 heterocycles. The average Bonchev–Trinajstić information content (AvgIpc) is 2.96. The highest BCUT2D eigenvalue weighted by Crippen LogP contribution is 2.41. The van der Waals surface area contributed by atoms with Gasteiger partial charge in [-0.15, -0.1) is 11.3 Å². The van der Waals surface area contributed by atoms with E-state index in [0.717, 1.165) is 27.3 Å². The first-order chi connectivity index (χ1) is 12.1. The maximum absolute atomic E-state index is 6.16. The van der Waals surface area contributed by atoms with Crippen molar-refractivity contribution in [1.82, 2.24) is 9.97 Å². The lowest BCUT2D eigenvalue weighted by molar-refractivity contribution is 1.23. The molecule has 2 aromatic heterocycles. The van der Waals surface area contributed by atoms with Crippen molar-refractivity contribution in [2.45, 2.75) is 13.8 Å². The van der Waals surface area contributed by atoms with E-state index in [4.69, 9.17) is 11.6 Å². The normalized spacial score (nSPS) is 11.0. The Balaban J connectivity index is 1.92. The first kappa shape index (κ1) is 16.1. The van der Waals surface area contributed by atoms with Crippen LogP contribution >= 0.6 is 22.9 Å². The van der Waals surface area contributed by atoms with Crippen molar-refractivity contribution in [2.24, 2.45) is 0 Å². The summed E-state index contributed by atoms with van der Waals surface area (Å²) >= 11 is 7.85. The highest BCUT2D eigenvalue weighted by atomic mass is 35.5. The molecule has 0 aliphatic rings. The minimum atomic E-state index is 0.697. The lowest BCUT2D eigenvalue weighted by Gasteiger charge is -2.11. The van der Waals surface area contributed by atoms with Gasteiger partial charge in [0.05, 0.1) is 5.39 Å². The number of nitrogens with one attached hydrogen (secondary N) is 1. The van der Waals surface area contributed by atoms with Gasteiger partial charge in [0.1, 0.15) is 17.0 Å². The number of halogens is 1. The fourth-order valence-electron chi connectivity index (χ4n) is 2.95. The van der Waals surface area contributed by atoms with Gasteiger partial charge in [-0.1, -0.05) is 48.0 Å². The summed E-state index contributed by atoms with van der Waals surface area (Å²) in [5.41, 5.74) is 4.43.